The molecular formula is C19H16ClN3O5. The van der Waals surface area contributed by atoms with Gasteiger partial charge in [0.15, 0.2) is 6.61 Å². The molecule has 0 saturated heterocycles. The smallest absolute Gasteiger partial charge is 0.338 e. The lowest BCUT2D eigenvalue weighted by Crippen LogP contribution is -2.35. The van der Waals surface area contributed by atoms with Crippen molar-refractivity contribution in [2.75, 3.05) is 18.1 Å². The zero-order valence-electron chi connectivity index (χ0n) is 14.9. The third-order valence-electron chi connectivity index (χ3n) is 3.82. The van der Waals surface area contributed by atoms with Gasteiger partial charge in [0.05, 0.1) is 23.0 Å². The number of aryl methyl sites for hydroxylation is 1. The minimum atomic E-state index is -0.780. The largest absolute Gasteiger partial charge is 0.452 e. The summed E-state index contributed by atoms with van der Waals surface area (Å²) in [7, 11) is 0. The van der Waals surface area contributed by atoms with E-state index in [0.717, 1.165) is 0 Å². The normalized spacial score (nSPS) is 10.0. The van der Waals surface area contributed by atoms with Gasteiger partial charge in [0.1, 0.15) is 0 Å². The van der Waals surface area contributed by atoms with E-state index in [9.17, 15) is 19.7 Å². The van der Waals surface area contributed by atoms with Crippen LogP contribution in [0.3, 0.4) is 0 Å². The number of halogens is 1. The van der Waals surface area contributed by atoms with Gasteiger partial charge in [-0.05, 0) is 37.3 Å². The highest BCUT2D eigenvalue weighted by Crippen LogP contribution is 2.21. The molecule has 0 fully saturated rings. The molecule has 0 atom stereocenters. The van der Waals surface area contributed by atoms with Gasteiger partial charge in [0.2, 0.25) is 0 Å². The predicted octanol–water partition coefficient (Wildman–Crippen LogP) is 3.66. The molecule has 0 spiro atoms. The van der Waals surface area contributed by atoms with E-state index in [2.05, 4.69) is 0 Å². The molecule has 0 saturated carbocycles. The zero-order valence-corrected chi connectivity index (χ0v) is 15.7. The van der Waals surface area contributed by atoms with Gasteiger partial charge in [-0.1, -0.05) is 17.7 Å². The molecule has 0 heterocycles. The first kappa shape index (κ1) is 20.9. The number of nitriles is 1. The molecule has 1 amide bonds. The minimum absolute atomic E-state index is 0.0910. The van der Waals surface area contributed by atoms with Crippen molar-refractivity contribution in [2.45, 2.75) is 13.3 Å². The van der Waals surface area contributed by atoms with Crippen LogP contribution in [0.2, 0.25) is 5.02 Å². The number of hydrogen-bond acceptors (Lipinski definition) is 6. The number of nitrogens with zero attached hydrogens (tertiary/aromatic N) is 3. The average molecular weight is 402 g/mol. The van der Waals surface area contributed by atoms with E-state index in [4.69, 9.17) is 21.6 Å². The van der Waals surface area contributed by atoms with Crippen molar-refractivity contribution in [3.63, 3.8) is 0 Å². The Kier molecular flexibility index (Phi) is 7.07. The Balaban J connectivity index is 2.09. The molecule has 2 rings (SSSR count). The first-order valence-electron chi connectivity index (χ1n) is 8.18. The van der Waals surface area contributed by atoms with Gasteiger partial charge in [-0.25, -0.2) is 4.79 Å². The van der Waals surface area contributed by atoms with E-state index >= 15 is 0 Å². The fraction of sp³-hybridized carbons (Fsp3) is 0.211. The molecule has 0 aliphatic heterocycles. The van der Waals surface area contributed by atoms with Crippen LogP contribution in [0.25, 0.3) is 0 Å². The van der Waals surface area contributed by atoms with Crippen molar-refractivity contribution in [1.82, 2.24) is 0 Å². The topological polar surface area (TPSA) is 114 Å². The van der Waals surface area contributed by atoms with Gasteiger partial charge in [-0.2, -0.15) is 5.26 Å². The highest BCUT2D eigenvalue weighted by Gasteiger charge is 2.20. The highest BCUT2D eigenvalue weighted by molar-refractivity contribution is 6.30. The monoisotopic (exact) mass is 401 g/mol. The van der Waals surface area contributed by atoms with Crippen LogP contribution in [0.15, 0.2) is 42.5 Å². The second-order valence-electron chi connectivity index (χ2n) is 5.77. The summed E-state index contributed by atoms with van der Waals surface area (Å²) < 4.78 is 5.04. The van der Waals surface area contributed by atoms with Gasteiger partial charge in [0.25, 0.3) is 11.6 Å². The third kappa shape index (κ3) is 5.28. The van der Waals surface area contributed by atoms with Crippen LogP contribution >= 0.6 is 11.6 Å². The van der Waals surface area contributed by atoms with E-state index in [-0.39, 0.29) is 24.2 Å². The van der Waals surface area contributed by atoms with Gasteiger partial charge in [-0.15, -0.1) is 0 Å². The number of carbonyl (C=O) groups excluding carboxylic acids is 2. The van der Waals surface area contributed by atoms with E-state index < -0.39 is 23.4 Å². The van der Waals surface area contributed by atoms with Crippen molar-refractivity contribution in [2.24, 2.45) is 0 Å². The van der Waals surface area contributed by atoms with Crippen LogP contribution < -0.4 is 4.90 Å². The van der Waals surface area contributed by atoms with Crippen LogP contribution in [0, 0.1) is 28.4 Å². The lowest BCUT2D eigenvalue weighted by Gasteiger charge is -2.21. The molecule has 8 nitrogen and oxygen atoms in total. The molecule has 0 aromatic heterocycles. The second kappa shape index (κ2) is 9.48. The molecule has 0 N–H and O–H groups in total. The van der Waals surface area contributed by atoms with Crippen LogP contribution in [-0.4, -0.2) is 30.0 Å². The number of rotatable bonds is 7. The number of hydrogen-bond donors (Lipinski definition) is 0. The molecule has 0 bridgehead atoms. The summed E-state index contributed by atoms with van der Waals surface area (Å²) in [5.41, 5.74) is 0.772. The van der Waals surface area contributed by atoms with Crippen molar-refractivity contribution < 1.29 is 19.2 Å². The summed E-state index contributed by atoms with van der Waals surface area (Å²) in [5, 5.41) is 20.1. The number of esters is 1. The maximum Gasteiger partial charge on any atom is 0.338 e. The fourth-order valence-corrected chi connectivity index (χ4v) is 2.66. The van der Waals surface area contributed by atoms with E-state index in [1.165, 1.54) is 30.0 Å². The van der Waals surface area contributed by atoms with Gasteiger partial charge in [0, 0.05) is 28.9 Å². The summed E-state index contributed by atoms with van der Waals surface area (Å²) in [6.45, 7) is 1.07. The molecule has 0 aliphatic carbocycles. The molecule has 2 aromatic rings. The summed E-state index contributed by atoms with van der Waals surface area (Å²) in [5.74, 6) is -1.30. The van der Waals surface area contributed by atoms with Crippen LogP contribution in [-0.2, 0) is 9.53 Å². The Bertz CT molecular complexity index is 955. The Labute approximate surface area is 166 Å². The molecule has 28 heavy (non-hydrogen) atoms. The number of amides is 1. The lowest BCUT2D eigenvalue weighted by molar-refractivity contribution is -0.385. The van der Waals surface area contributed by atoms with E-state index in [1.807, 2.05) is 6.07 Å². The predicted molar refractivity (Wildman–Crippen MR) is 102 cm³/mol. The number of carbonyl (C=O) groups is 2. The van der Waals surface area contributed by atoms with Gasteiger partial charge < -0.3 is 9.64 Å². The van der Waals surface area contributed by atoms with Crippen molar-refractivity contribution in [1.29, 1.82) is 5.26 Å². The average Bonchev–Trinajstić information content (AvgIpc) is 2.66. The summed E-state index contributed by atoms with van der Waals surface area (Å²) in [6.07, 6.45) is 0.0910. The standard InChI is InChI=1S/C19H16ClN3O5/c1-13-10-14(6-7-17(13)23(26)27)19(25)28-12-18(24)22(9-3-8-21)16-5-2-4-15(20)11-16/h2,4-7,10-11H,3,9,12H2,1H3. The van der Waals surface area contributed by atoms with Gasteiger partial charge >= 0.3 is 5.97 Å². The first-order chi connectivity index (χ1) is 13.3. The molecule has 0 unspecified atom stereocenters. The number of benzene rings is 2. The third-order valence-corrected chi connectivity index (χ3v) is 4.06. The second-order valence-corrected chi connectivity index (χ2v) is 6.20. The summed E-state index contributed by atoms with van der Waals surface area (Å²) in [6, 6.07) is 12.3. The SMILES string of the molecule is Cc1cc(C(=O)OCC(=O)N(CCC#N)c2cccc(Cl)c2)ccc1[N+](=O)[O-]. The first-order valence-corrected chi connectivity index (χ1v) is 8.56. The number of anilines is 1. The Morgan fingerprint density at radius 1 is 1.29 bits per heavy atom. The number of nitro groups is 1. The molecule has 2 aromatic carbocycles. The fourth-order valence-electron chi connectivity index (χ4n) is 2.48. The molecule has 0 aliphatic rings. The molecule has 144 valence electrons. The van der Waals surface area contributed by atoms with Crippen molar-refractivity contribution in [3.05, 3.63) is 68.7 Å². The van der Waals surface area contributed by atoms with Crippen molar-refractivity contribution in [3.8, 4) is 6.07 Å². The zero-order chi connectivity index (χ0) is 20.7. The minimum Gasteiger partial charge on any atom is -0.452 e. The van der Waals surface area contributed by atoms with Gasteiger partial charge in [-0.3, -0.25) is 14.9 Å². The lowest BCUT2D eigenvalue weighted by atomic mass is 10.1. The van der Waals surface area contributed by atoms with Crippen molar-refractivity contribution >= 4 is 34.9 Å². The number of nitro benzene ring substituents is 1. The Morgan fingerprint density at radius 3 is 2.64 bits per heavy atom. The molecule has 0 radical (unpaired) electrons. The number of ether oxygens (including phenoxy) is 1. The Hall–Kier alpha value is -3.44. The maximum absolute atomic E-state index is 12.5. The van der Waals surface area contributed by atoms with Crippen LogP contribution in [0.1, 0.15) is 22.3 Å². The molecule has 9 heteroatoms. The summed E-state index contributed by atoms with van der Waals surface area (Å²) in [4.78, 5) is 36.3. The Morgan fingerprint density at radius 2 is 2.04 bits per heavy atom. The maximum atomic E-state index is 12.5. The molecular weight excluding hydrogens is 386 g/mol. The van der Waals surface area contributed by atoms with E-state index in [0.29, 0.717) is 16.3 Å². The quantitative estimate of drug-likeness (QED) is 0.397. The van der Waals surface area contributed by atoms with Crippen LogP contribution in [0.4, 0.5) is 11.4 Å². The van der Waals surface area contributed by atoms with Crippen LogP contribution in [0.5, 0.6) is 0 Å². The van der Waals surface area contributed by atoms with E-state index in [1.54, 1.807) is 24.3 Å². The highest BCUT2D eigenvalue weighted by atomic mass is 35.5. The summed E-state index contributed by atoms with van der Waals surface area (Å²) >= 11 is 5.95.